The summed E-state index contributed by atoms with van der Waals surface area (Å²) in [4.78, 5) is 29.5. The molecule has 1 saturated heterocycles. The van der Waals surface area contributed by atoms with Crippen LogP contribution >= 0.6 is 23.2 Å². The van der Waals surface area contributed by atoms with Gasteiger partial charge in [-0.05, 0) is 49.4 Å². The Kier molecular flexibility index (Phi) is 6.80. The predicted octanol–water partition coefficient (Wildman–Crippen LogP) is 4.92. The Labute approximate surface area is 217 Å². The molecule has 0 bridgehead atoms. The van der Waals surface area contributed by atoms with Gasteiger partial charge in [-0.3, -0.25) is 4.79 Å². The first kappa shape index (κ1) is 24.1. The largest absolute Gasteiger partial charge is 0.490 e. The summed E-state index contributed by atoms with van der Waals surface area (Å²) < 4.78 is 11.0. The molecule has 0 unspecified atom stereocenters. The molecule has 4 aromatic rings. The van der Waals surface area contributed by atoms with Gasteiger partial charge in [0, 0.05) is 42.2 Å². The second-order valence-electron chi connectivity index (χ2n) is 8.24. The average Bonchev–Trinajstić information content (AvgIpc) is 2.89. The third-order valence-corrected chi connectivity index (χ3v) is 6.55. The molecule has 0 radical (unpaired) electrons. The number of piperazine rings is 1. The number of benzene rings is 2. The van der Waals surface area contributed by atoms with E-state index in [1.165, 1.54) is 0 Å². The molecule has 3 heterocycles. The molecular weight excluding hydrogens is 503 g/mol. The maximum Gasteiger partial charge on any atom is 0.349 e. The van der Waals surface area contributed by atoms with Crippen molar-refractivity contribution in [3.63, 3.8) is 0 Å². The SMILES string of the molecule is CCOc1cccc2cc(C(=O)N3CCN(c4ccc(-c5ccc(Cl)cc5Cl)nn4)CC3)c(=O)oc12. The van der Waals surface area contributed by atoms with E-state index in [2.05, 4.69) is 10.2 Å². The minimum absolute atomic E-state index is 0.00795. The molecule has 2 aromatic carbocycles. The second-order valence-corrected chi connectivity index (χ2v) is 9.08. The third-order valence-electron chi connectivity index (χ3n) is 6.00. The Morgan fingerprint density at radius 3 is 2.53 bits per heavy atom. The van der Waals surface area contributed by atoms with Crippen LogP contribution in [-0.4, -0.2) is 53.8 Å². The van der Waals surface area contributed by atoms with Gasteiger partial charge in [-0.15, -0.1) is 10.2 Å². The Bertz CT molecular complexity index is 1480. The molecule has 1 fully saturated rings. The number of amides is 1. The molecule has 0 spiro atoms. The highest BCUT2D eigenvalue weighted by atomic mass is 35.5. The van der Waals surface area contributed by atoms with E-state index in [1.54, 1.807) is 47.4 Å². The molecule has 8 nitrogen and oxygen atoms in total. The van der Waals surface area contributed by atoms with Gasteiger partial charge in [0.25, 0.3) is 5.91 Å². The topological polar surface area (TPSA) is 88.8 Å². The Balaban J connectivity index is 1.28. The number of halogens is 2. The number of ether oxygens (including phenoxy) is 1. The quantitative estimate of drug-likeness (QED) is 0.342. The van der Waals surface area contributed by atoms with Crippen LogP contribution in [0.15, 0.2) is 63.8 Å². The number of nitrogens with zero attached hydrogens (tertiary/aromatic N) is 4. The summed E-state index contributed by atoms with van der Waals surface area (Å²) in [5.41, 5.74) is 1.06. The number of anilines is 1. The fraction of sp³-hybridized carbons (Fsp3) is 0.231. The minimum Gasteiger partial charge on any atom is -0.490 e. The van der Waals surface area contributed by atoms with E-state index < -0.39 is 5.63 Å². The van der Waals surface area contributed by atoms with Crippen molar-refractivity contribution < 1.29 is 13.9 Å². The minimum atomic E-state index is -0.676. The first-order valence-electron chi connectivity index (χ1n) is 11.5. The first-order chi connectivity index (χ1) is 17.4. The molecule has 36 heavy (non-hydrogen) atoms. The molecule has 184 valence electrons. The van der Waals surface area contributed by atoms with Crippen molar-refractivity contribution in [1.82, 2.24) is 15.1 Å². The van der Waals surface area contributed by atoms with Crippen molar-refractivity contribution >= 4 is 45.9 Å². The zero-order valence-electron chi connectivity index (χ0n) is 19.4. The Morgan fingerprint density at radius 2 is 1.83 bits per heavy atom. The predicted molar refractivity (Wildman–Crippen MR) is 139 cm³/mol. The number of aromatic nitrogens is 2. The monoisotopic (exact) mass is 524 g/mol. The molecule has 0 N–H and O–H groups in total. The fourth-order valence-corrected chi connectivity index (χ4v) is 4.69. The Hall–Kier alpha value is -3.62. The standard InChI is InChI=1S/C26H22Cl2N4O4/c1-2-35-22-5-3-4-16-14-19(26(34)36-24(16)22)25(33)32-12-10-31(11-13-32)23-9-8-21(29-30-23)18-7-6-17(27)15-20(18)28/h3-9,14-15H,2,10-13H2,1H3. The molecular formula is C26H22Cl2N4O4. The van der Waals surface area contributed by atoms with Crippen LogP contribution in [0.3, 0.4) is 0 Å². The molecule has 0 aliphatic carbocycles. The average molecular weight is 525 g/mol. The van der Waals surface area contributed by atoms with Crippen molar-refractivity contribution in [3.8, 4) is 17.0 Å². The number of carbonyl (C=O) groups excluding carboxylic acids is 1. The van der Waals surface area contributed by atoms with Crippen LogP contribution < -0.4 is 15.3 Å². The smallest absolute Gasteiger partial charge is 0.349 e. The molecule has 1 amide bonds. The van der Waals surface area contributed by atoms with Crippen molar-refractivity contribution in [2.75, 3.05) is 37.7 Å². The van der Waals surface area contributed by atoms with Crippen molar-refractivity contribution in [3.05, 3.63) is 80.6 Å². The molecule has 5 rings (SSSR count). The van der Waals surface area contributed by atoms with Crippen LogP contribution in [0.4, 0.5) is 5.82 Å². The van der Waals surface area contributed by atoms with E-state index >= 15 is 0 Å². The van der Waals surface area contributed by atoms with Crippen molar-refractivity contribution in [1.29, 1.82) is 0 Å². The number of hydrogen-bond donors (Lipinski definition) is 0. The third kappa shape index (κ3) is 4.74. The van der Waals surface area contributed by atoms with E-state index in [0.717, 1.165) is 5.56 Å². The van der Waals surface area contributed by atoms with E-state index in [-0.39, 0.29) is 11.5 Å². The van der Waals surface area contributed by atoms with E-state index in [1.807, 2.05) is 24.0 Å². The number of hydrogen-bond acceptors (Lipinski definition) is 7. The number of carbonyl (C=O) groups is 1. The van der Waals surface area contributed by atoms with Gasteiger partial charge >= 0.3 is 5.63 Å². The second kappa shape index (κ2) is 10.2. The number of fused-ring (bicyclic) bond motifs is 1. The Morgan fingerprint density at radius 1 is 1.03 bits per heavy atom. The molecule has 2 aromatic heterocycles. The maximum atomic E-state index is 13.1. The lowest BCUT2D eigenvalue weighted by Gasteiger charge is -2.35. The van der Waals surface area contributed by atoms with E-state index in [0.29, 0.717) is 71.1 Å². The van der Waals surface area contributed by atoms with Gasteiger partial charge in [0.15, 0.2) is 17.2 Å². The van der Waals surface area contributed by atoms with Crippen LogP contribution in [0.1, 0.15) is 17.3 Å². The highest BCUT2D eigenvalue weighted by Gasteiger charge is 2.26. The normalized spacial score (nSPS) is 13.8. The van der Waals surface area contributed by atoms with Gasteiger partial charge in [0.05, 0.1) is 17.3 Å². The summed E-state index contributed by atoms with van der Waals surface area (Å²) in [5.74, 6) is 0.820. The van der Waals surface area contributed by atoms with Crippen molar-refractivity contribution in [2.24, 2.45) is 0 Å². The van der Waals surface area contributed by atoms with Gasteiger partial charge in [-0.1, -0.05) is 35.3 Å². The number of rotatable bonds is 5. The van der Waals surface area contributed by atoms with Crippen LogP contribution in [0.25, 0.3) is 22.2 Å². The zero-order chi connectivity index (χ0) is 25.2. The fourth-order valence-electron chi connectivity index (χ4n) is 4.18. The van der Waals surface area contributed by atoms with Crippen LogP contribution in [0.5, 0.6) is 5.75 Å². The van der Waals surface area contributed by atoms with Crippen LogP contribution in [-0.2, 0) is 0 Å². The lowest BCUT2D eigenvalue weighted by atomic mass is 10.1. The first-order valence-corrected chi connectivity index (χ1v) is 12.2. The molecule has 0 saturated carbocycles. The van der Waals surface area contributed by atoms with Crippen LogP contribution in [0.2, 0.25) is 10.0 Å². The highest BCUT2D eigenvalue weighted by Crippen LogP contribution is 2.29. The number of para-hydroxylation sites is 1. The summed E-state index contributed by atoms with van der Waals surface area (Å²) in [7, 11) is 0. The van der Waals surface area contributed by atoms with Gasteiger partial charge in [-0.2, -0.15) is 0 Å². The summed E-state index contributed by atoms with van der Waals surface area (Å²) in [6.07, 6.45) is 0. The van der Waals surface area contributed by atoms with E-state index in [9.17, 15) is 9.59 Å². The van der Waals surface area contributed by atoms with Crippen molar-refractivity contribution in [2.45, 2.75) is 6.92 Å². The summed E-state index contributed by atoms with van der Waals surface area (Å²) >= 11 is 12.3. The lowest BCUT2D eigenvalue weighted by Crippen LogP contribution is -2.49. The summed E-state index contributed by atoms with van der Waals surface area (Å²) in [6.45, 7) is 4.26. The van der Waals surface area contributed by atoms with Gasteiger partial charge in [0.2, 0.25) is 0 Å². The highest BCUT2D eigenvalue weighted by molar-refractivity contribution is 6.36. The summed E-state index contributed by atoms with van der Waals surface area (Å²) in [6, 6.07) is 15.8. The molecule has 10 heteroatoms. The van der Waals surface area contributed by atoms with Gasteiger partial charge in [0.1, 0.15) is 5.56 Å². The lowest BCUT2D eigenvalue weighted by molar-refractivity contribution is 0.0742. The zero-order valence-corrected chi connectivity index (χ0v) is 20.9. The van der Waals surface area contributed by atoms with Gasteiger partial charge in [-0.25, -0.2) is 4.79 Å². The molecule has 1 aliphatic heterocycles. The van der Waals surface area contributed by atoms with Crippen LogP contribution in [0, 0.1) is 0 Å². The maximum absolute atomic E-state index is 13.1. The summed E-state index contributed by atoms with van der Waals surface area (Å²) in [5, 5.41) is 10.4. The molecule has 1 aliphatic rings. The van der Waals surface area contributed by atoms with Gasteiger partial charge < -0.3 is 19.0 Å². The molecule has 0 atom stereocenters. The van der Waals surface area contributed by atoms with E-state index in [4.69, 9.17) is 32.4 Å².